The van der Waals surface area contributed by atoms with Crippen LogP contribution in [-0.2, 0) is 10.1 Å². The highest BCUT2D eigenvalue weighted by Gasteiger charge is 2.19. The summed E-state index contributed by atoms with van der Waals surface area (Å²) in [5.74, 6) is 0.379. The van der Waals surface area contributed by atoms with E-state index in [2.05, 4.69) is 4.99 Å². The molecule has 0 saturated carbocycles. The third-order valence-corrected chi connectivity index (χ3v) is 6.07. The van der Waals surface area contributed by atoms with Gasteiger partial charge in [0.1, 0.15) is 4.90 Å². The van der Waals surface area contributed by atoms with E-state index in [-0.39, 0.29) is 10.6 Å². The minimum atomic E-state index is -4.04. The predicted molar refractivity (Wildman–Crippen MR) is 120 cm³/mol. The number of halogens is 2. The first-order valence-electron chi connectivity index (χ1n) is 9.06. The molecule has 0 heterocycles. The van der Waals surface area contributed by atoms with Crippen LogP contribution < -0.4 is 8.92 Å². The van der Waals surface area contributed by atoms with Gasteiger partial charge in [-0.3, -0.25) is 4.99 Å². The number of aliphatic imine (C=N–C) groups is 1. The Balaban J connectivity index is 1.89. The molecule has 5 nitrogen and oxygen atoms in total. The maximum Gasteiger partial charge on any atom is 0.339 e. The molecular weight excluding hydrogens is 445 g/mol. The van der Waals surface area contributed by atoms with E-state index in [4.69, 9.17) is 32.1 Å². The Morgan fingerprint density at radius 3 is 2.43 bits per heavy atom. The topological polar surface area (TPSA) is 65.0 Å². The normalized spacial score (nSPS) is 11.6. The van der Waals surface area contributed by atoms with Gasteiger partial charge < -0.3 is 8.92 Å². The summed E-state index contributed by atoms with van der Waals surface area (Å²) in [4.78, 5) is 4.46. The van der Waals surface area contributed by atoms with Crippen LogP contribution in [0.4, 0.5) is 5.69 Å². The molecule has 0 aliphatic carbocycles. The summed E-state index contributed by atoms with van der Waals surface area (Å²) >= 11 is 12.0. The number of hydrogen-bond donors (Lipinski definition) is 0. The van der Waals surface area contributed by atoms with E-state index >= 15 is 0 Å². The van der Waals surface area contributed by atoms with Crippen molar-refractivity contribution >= 4 is 45.2 Å². The molecule has 8 heteroatoms. The van der Waals surface area contributed by atoms with Gasteiger partial charge in [-0.1, -0.05) is 29.3 Å². The van der Waals surface area contributed by atoms with Gasteiger partial charge in [-0.15, -0.1) is 0 Å². The van der Waals surface area contributed by atoms with Crippen LogP contribution >= 0.6 is 23.2 Å². The van der Waals surface area contributed by atoms with Crippen molar-refractivity contribution in [3.05, 3.63) is 81.8 Å². The molecule has 3 aromatic carbocycles. The fourth-order valence-corrected chi connectivity index (χ4v) is 3.82. The minimum absolute atomic E-state index is 0.00332. The summed E-state index contributed by atoms with van der Waals surface area (Å²) in [6.07, 6.45) is 1.65. The predicted octanol–water partition coefficient (Wildman–Crippen LogP) is 6.22. The summed E-state index contributed by atoms with van der Waals surface area (Å²) < 4.78 is 36.0. The van der Waals surface area contributed by atoms with Crippen molar-refractivity contribution in [1.29, 1.82) is 0 Å². The molecule has 0 spiro atoms. The third kappa shape index (κ3) is 5.33. The van der Waals surface area contributed by atoms with Crippen LogP contribution in [0.15, 0.2) is 70.6 Å². The van der Waals surface area contributed by atoms with E-state index in [0.29, 0.717) is 28.0 Å². The standard InChI is InChI=1S/C22H19Cl2NO4S/c1-3-28-22-13-16(14-25-20-6-4-5-19(24)15(20)2)7-12-21(22)29-30(26,27)18-10-8-17(23)9-11-18/h4-14H,3H2,1-2H3. The molecule has 30 heavy (non-hydrogen) atoms. The summed E-state index contributed by atoms with van der Waals surface area (Å²) in [5, 5.41) is 1.07. The molecule has 0 aromatic heterocycles. The molecule has 0 aliphatic heterocycles. The van der Waals surface area contributed by atoms with Crippen molar-refractivity contribution in [2.24, 2.45) is 4.99 Å². The Morgan fingerprint density at radius 2 is 1.73 bits per heavy atom. The summed E-state index contributed by atoms with van der Waals surface area (Å²) in [5.41, 5.74) is 2.33. The summed E-state index contributed by atoms with van der Waals surface area (Å²) in [6, 6.07) is 16.1. The van der Waals surface area contributed by atoms with Crippen LogP contribution in [0.1, 0.15) is 18.1 Å². The second-order valence-corrected chi connectivity index (χ2v) is 8.66. The first kappa shape index (κ1) is 22.2. The van der Waals surface area contributed by atoms with Gasteiger partial charge in [0, 0.05) is 16.3 Å². The quantitative estimate of drug-likeness (QED) is 0.308. The fraction of sp³-hybridized carbons (Fsp3) is 0.136. The summed E-state index contributed by atoms with van der Waals surface area (Å²) in [7, 11) is -4.04. The van der Waals surface area contributed by atoms with Crippen LogP contribution in [0.25, 0.3) is 0 Å². The van der Waals surface area contributed by atoms with Crippen LogP contribution in [-0.4, -0.2) is 21.2 Å². The van der Waals surface area contributed by atoms with Gasteiger partial charge in [0.15, 0.2) is 11.5 Å². The lowest BCUT2D eigenvalue weighted by molar-refractivity contribution is 0.327. The Kier molecular flexibility index (Phi) is 7.02. The highest BCUT2D eigenvalue weighted by Crippen LogP contribution is 2.32. The van der Waals surface area contributed by atoms with Crippen LogP contribution in [0, 0.1) is 6.92 Å². The zero-order valence-corrected chi connectivity index (χ0v) is 18.6. The molecule has 0 N–H and O–H groups in total. The SMILES string of the molecule is CCOc1cc(C=Nc2cccc(Cl)c2C)ccc1OS(=O)(=O)c1ccc(Cl)cc1. The van der Waals surface area contributed by atoms with Gasteiger partial charge in [0.2, 0.25) is 0 Å². The molecule has 0 saturated heterocycles. The maximum absolute atomic E-state index is 12.6. The molecule has 0 aliphatic rings. The van der Waals surface area contributed by atoms with Gasteiger partial charge >= 0.3 is 10.1 Å². The van der Waals surface area contributed by atoms with E-state index in [1.54, 1.807) is 31.3 Å². The van der Waals surface area contributed by atoms with Gasteiger partial charge in [0.05, 0.1) is 12.3 Å². The van der Waals surface area contributed by atoms with Crippen molar-refractivity contribution in [2.45, 2.75) is 18.7 Å². The van der Waals surface area contributed by atoms with Gasteiger partial charge in [-0.05, 0) is 79.6 Å². The van der Waals surface area contributed by atoms with E-state index in [1.807, 2.05) is 19.1 Å². The molecule has 156 valence electrons. The largest absolute Gasteiger partial charge is 0.490 e. The highest BCUT2D eigenvalue weighted by molar-refractivity contribution is 7.87. The third-order valence-electron chi connectivity index (χ3n) is 4.16. The average molecular weight is 464 g/mol. The molecule has 0 unspecified atom stereocenters. The number of ether oxygens (including phenoxy) is 1. The zero-order chi connectivity index (χ0) is 21.7. The second-order valence-electron chi connectivity index (χ2n) is 6.27. The number of nitrogens with zero attached hydrogens (tertiary/aromatic N) is 1. The Labute approximate surface area is 186 Å². The van der Waals surface area contributed by atoms with Crippen LogP contribution in [0.3, 0.4) is 0 Å². The number of benzene rings is 3. The average Bonchev–Trinajstić information content (AvgIpc) is 2.71. The number of hydrogen-bond acceptors (Lipinski definition) is 5. The summed E-state index contributed by atoms with van der Waals surface area (Å²) in [6.45, 7) is 4.03. The molecule has 3 rings (SSSR count). The van der Waals surface area contributed by atoms with E-state index < -0.39 is 10.1 Å². The van der Waals surface area contributed by atoms with Gasteiger partial charge in [0.25, 0.3) is 0 Å². The fourth-order valence-electron chi connectivity index (χ4n) is 2.59. The van der Waals surface area contributed by atoms with Crippen LogP contribution in [0.2, 0.25) is 10.0 Å². The molecule has 0 atom stereocenters. The molecule has 0 bridgehead atoms. The first-order chi connectivity index (χ1) is 14.3. The second kappa shape index (κ2) is 9.51. The van der Waals surface area contributed by atoms with Crippen molar-refractivity contribution in [3.63, 3.8) is 0 Å². The lowest BCUT2D eigenvalue weighted by Crippen LogP contribution is -2.11. The Hall–Kier alpha value is -2.54. The smallest absolute Gasteiger partial charge is 0.339 e. The minimum Gasteiger partial charge on any atom is -0.490 e. The lowest BCUT2D eigenvalue weighted by atomic mass is 10.2. The van der Waals surface area contributed by atoms with Crippen molar-refractivity contribution in [2.75, 3.05) is 6.61 Å². The molecule has 0 amide bonds. The van der Waals surface area contributed by atoms with Gasteiger partial charge in [-0.25, -0.2) is 0 Å². The Morgan fingerprint density at radius 1 is 1.00 bits per heavy atom. The van der Waals surface area contributed by atoms with Gasteiger partial charge in [-0.2, -0.15) is 8.42 Å². The van der Waals surface area contributed by atoms with E-state index in [0.717, 1.165) is 11.3 Å². The lowest BCUT2D eigenvalue weighted by Gasteiger charge is -2.12. The van der Waals surface area contributed by atoms with E-state index in [1.165, 1.54) is 30.3 Å². The maximum atomic E-state index is 12.6. The van der Waals surface area contributed by atoms with Crippen molar-refractivity contribution in [3.8, 4) is 11.5 Å². The monoisotopic (exact) mass is 463 g/mol. The van der Waals surface area contributed by atoms with Crippen molar-refractivity contribution in [1.82, 2.24) is 0 Å². The highest BCUT2D eigenvalue weighted by atomic mass is 35.5. The van der Waals surface area contributed by atoms with E-state index in [9.17, 15) is 8.42 Å². The molecule has 3 aromatic rings. The van der Waals surface area contributed by atoms with Crippen molar-refractivity contribution < 1.29 is 17.3 Å². The molecular formula is C22H19Cl2NO4S. The number of rotatable bonds is 7. The Bertz CT molecular complexity index is 1180. The van der Waals surface area contributed by atoms with Crippen LogP contribution in [0.5, 0.6) is 11.5 Å². The zero-order valence-electron chi connectivity index (χ0n) is 16.3. The molecule has 0 radical (unpaired) electrons. The molecule has 0 fully saturated rings. The first-order valence-corrected chi connectivity index (χ1v) is 11.2.